The molecule has 4 aromatic rings. The van der Waals surface area contributed by atoms with Gasteiger partial charge in [-0.3, -0.25) is 4.79 Å². The van der Waals surface area contributed by atoms with Gasteiger partial charge in [0.25, 0.3) is 5.91 Å². The van der Waals surface area contributed by atoms with Gasteiger partial charge in [-0.05, 0) is 65.4 Å². The van der Waals surface area contributed by atoms with Crippen LogP contribution in [0, 0.1) is 23.0 Å². The molecule has 1 atom stereocenters. The number of rotatable bonds is 7. The van der Waals surface area contributed by atoms with Crippen molar-refractivity contribution in [1.29, 1.82) is 5.26 Å². The van der Waals surface area contributed by atoms with Crippen molar-refractivity contribution in [3.8, 4) is 6.07 Å². The molecule has 0 radical (unpaired) electrons. The number of nitriles is 1. The first-order valence-corrected chi connectivity index (χ1v) is 12.8. The molecule has 5 rings (SSSR count). The van der Waals surface area contributed by atoms with Gasteiger partial charge < -0.3 is 16.4 Å². The maximum Gasteiger partial charge on any atom is 0.253 e. The Morgan fingerprint density at radius 1 is 1.11 bits per heavy atom. The van der Waals surface area contributed by atoms with Crippen LogP contribution in [-0.4, -0.2) is 22.7 Å². The zero-order valence-electron chi connectivity index (χ0n) is 20.2. The number of hydrogen-bond donors (Lipinski definition) is 3. The van der Waals surface area contributed by atoms with E-state index in [-0.39, 0.29) is 11.8 Å². The number of nitrogen functional groups attached to an aromatic ring is 1. The van der Waals surface area contributed by atoms with Gasteiger partial charge in [-0.2, -0.15) is 5.26 Å². The Kier molecular flexibility index (Phi) is 7.24. The van der Waals surface area contributed by atoms with Gasteiger partial charge in [0.1, 0.15) is 5.82 Å². The molecule has 1 aromatic heterocycles. The molecule has 0 saturated heterocycles. The van der Waals surface area contributed by atoms with Crippen LogP contribution in [0.15, 0.2) is 72.9 Å². The highest BCUT2D eigenvalue weighted by Crippen LogP contribution is 2.40. The lowest BCUT2D eigenvalue weighted by molar-refractivity contribution is 0.0951. The van der Waals surface area contributed by atoms with E-state index in [2.05, 4.69) is 33.8 Å². The molecule has 2 heterocycles. The van der Waals surface area contributed by atoms with E-state index in [1.165, 1.54) is 12.1 Å². The second-order valence-electron chi connectivity index (χ2n) is 8.86. The van der Waals surface area contributed by atoms with Gasteiger partial charge in [0, 0.05) is 40.5 Å². The number of carbonyl (C=O) groups is 1. The van der Waals surface area contributed by atoms with E-state index < -0.39 is 17.5 Å². The summed E-state index contributed by atoms with van der Waals surface area (Å²) in [6.45, 7) is 0.612. The Morgan fingerprint density at radius 3 is 2.79 bits per heavy atom. The Hall–Kier alpha value is -4.42. The van der Waals surface area contributed by atoms with Crippen LogP contribution in [0.4, 0.5) is 20.3 Å². The number of nitrogens with zero attached hydrogens (tertiary/aromatic N) is 2. The minimum atomic E-state index is -0.976. The third-order valence-corrected chi connectivity index (χ3v) is 7.64. The monoisotopic (exact) mass is 527 g/mol. The number of thioether (sulfide) groups is 1. The molecule has 0 bridgehead atoms. The van der Waals surface area contributed by atoms with Crippen LogP contribution in [-0.2, 0) is 6.54 Å². The second kappa shape index (κ2) is 10.9. The highest BCUT2D eigenvalue weighted by atomic mass is 32.2. The Morgan fingerprint density at radius 2 is 1.97 bits per heavy atom. The maximum atomic E-state index is 13.5. The molecule has 0 saturated carbocycles. The molecule has 6 nitrogen and oxygen atoms in total. The van der Waals surface area contributed by atoms with Crippen LogP contribution >= 0.6 is 11.8 Å². The lowest BCUT2D eigenvalue weighted by Crippen LogP contribution is -2.25. The SMILES string of the molecule is N#Cc1ccc(NCC2CC=C(c3ccc4ccnc(N)c4c3)S2)c(C(=O)NCc2ccc(F)c(F)c2)c1. The summed E-state index contributed by atoms with van der Waals surface area (Å²) < 4.78 is 26.7. The molecule has 9 heteroatoms. The summed E-state index contributed by atoms with van der Waals surface area (Å²) in [4.78, 5) is 18.3. The number of fused-ring (bicyclic) bond motifs is 1. The van der Waals surface area contributed by atoms with Crippen molar-refractivity contribution in [2.24, 2.45) is 0 Å². The molecular weight excluding hydrogens is 504 g/mol. The van der Waals surface area contributed by atoms with E-state index in [9.17, 15) is 18.8 Å². The van der Waals surface area contributed by atoms with Gasteiger partial charge in [0.15, 0.2) is 11.6 Å². The molecule has 0 aliphatic carbocycles. The number of anilines is 2. The lowest BCUT2D eigenvalue weighted by atomic mass is 10.1. The van der Waals surface area contributed by atoms with Crippen molar-refractivity contribution in [1.82, 2.24) is 10.3 Å². The summed E-state index contributed by atoms with van der Waals surface area (Å²) in [5, 5.41) is 17.6. The number of amides is 1. The molecule has 1 aliphatic heterocycles. The zero-order chi connectivity index (χ0) is 26.6. The topological polar surface area (TPSA) is 104 Å². The number of benzene rings is 3. The molecule has 1 amide bonds. The molecule has 1 unspecified atom stereocenters. The van der Waals surface area contributed by atoms with Crippen LogP contribution in [0.2, 0.25) is 0 Å². The minimum absolute atomic E-state index is 0.0177. The number of pyridine rings is 1. The molecule has 1 aliphatic rings. The Bertz CT molecular complexity index is 1610. The van der Waals surface area contributed by atoms with Crippen molar-refractivity contribution >= 4 is 44.9 Å². The van der Waals surface area contributed by atoms with Gasteiger partial charge >= 0.3 is 0 Å². The molecule has 4 N–H and O–H groups in total. The lowest BCUT2D eigenvalue weighted by Gasteiger charge is -2.16. The summed E-state index contributed by atoms with van der Waals surface area (Å²) in [5.41, 5.74) is 8.81. The Labute approximate surface area is 222 Å². The number of hydrogen-bond acceptors (Lipinski definition) is 6. The van der Waals surface area contributed by atoms with E-state index in [1.54, 1.807) is 30.1 Å². The first-order valence-electron chi connectivity index (χ1n) is 11.9. The van der Waals surface area contributed by atoms with Crippen molar-refractivity contribution in [3.63, 3.8) is 0 Å². The molecular formula is C29H23F2N5OS. The number of allylic oxidation sites excluding steroid dienone is 1. The molecule has 0 fully saturated rings. The van der Waals surface area contributed by atoms with Crippen molar-refractivity contribution < 1.29 is 13.6 Å². The highest BCUT2D eigenvalue weighted by Gasteiger charge is 2.21. The molecule has 3 aromatic carbocycles. The van der Waals surface area contributed by atoms with Crippen molar-refractivity contribution in [2.45, 2.75) is 18.2 Å². The van der Waals surface area contributed by atoms with E-state index in [0.717, 1.165) is 39.8 Å². The van der Waals surface area contributed by atoms with E-state index in [1.807, 2.05) is 18.2 Å². The van der Waals surface area contributed by atoms with Gasteiger partial charge in [-0.1, -0.05) is 24.3 Å². The number of nitrogens with two attached hydrogens (primary N) is 1. The highest BCUT2D eigenvalue weighted by molar-refractivity contribution is 8.09. The quantitative estimate of drug-likeness (QED) is 0.278. The normalized spacial score (nSPS) is 14.7. The van der Waals surface area contributed by atoms with Crippen LogP contribution in [0.25, 0.3) is 15.7 Å². The van der Waals surface area contributed by atoms with Crippen molar-refractivity contribution in [2.75, 3.05) is 17.6 Å². The summed E-state index contributed by atoms with van der Waals surface area (Å²) in [5.74, 6) is -1.84. The molecule has 190 valence electrons. The van der Waals surface area contributed by atoms with E-state index in [0.29, 0.717) is 34.7 Å². The third-order valence-electron chi connectivity index (χ3n) is 6.29. The standard InChI is InChI=1S/C29H23F2N5OS/c30-24-6-1-18(12-25(24)31)15-36-29(37)23-11-17(14-32)2-7-26(23)35-16-21-5-8-27(38-21)20-4-3-19-9-10-34-28(33)22(19)13-20/h1-4,6-13,21,35H,5,15-16H2,(H2,33,34)(H,36,37). The maximum absolute atomic E-state index is 13.5. The second-order valence-corrected chi connectivity index (χ2v) is 10.2. The fraction of sp³-hybridized carbons (Fsp3) is 0.138. The van der Waals surface area contributed by atoms with E-state index in [4.69, 9.17) is 5.73 Å². The summed E-state index contributed by atoms with van der Waals surface area (Å²) in [6, 6.07) is 18.5. The van der Waals surface area contributed by atoms with Crippen molar-refractivity contribution in [3.05, 3.63) is 107 Å². The zero-order valence-corrected chi connectivity index (χ0v) is 21.0. The number of halogens is 2. The summed E-state index contributed by atoms with van der Waals surface area (Å²) in [6.07, 6.45) is 4.74. The van der Waals surface area contributed by atoms with Crippen LogP contribution < -0.4 is 16.4 Å². The third kappa shape index (κ3) is 5.45. The number of carbonyl (C=O) groups excluding carboxylic acids is 1. The fourth-order valence-corrected chi connectivity index (χ4v) is 5.45. The predicted molar refractivity (Wildman–Crippen MR) is 147 cm³/mol. The van der Waals surface area contributed by atoms with Gasteiger partial charge in [-0.25, -0.2) is 13.8 Å². The first kappa shape index (κ1) is 25.2. The van der Waals surface area contributed by atoms with Gasteiger partial charge in [-0.15, -0.1) is 11.8 Å². The van der Waals surface area contributed by atoms with Gasteiger partial charge in [0.05, 0.1) is 17.2 Å². The predicted octanol–water partition coefficient (Wildman–Crippen LogP) is 5.86. The van der Waals surface area contributed by atoms with Crippen LogP contribution in [0.1, 0.15) is 33.5 Å². The molecule has 0 spiro atoms. The summed E-state index contributed by atoms with van der Waals surface area (Å²) >= 11 is 1.75. The minimum Gasteiger partial charge on any atom is -0.383 e. The summed E-state index contributed by atoms with van der Waals surface area (Å²) in [7, 11) is 0. The molecule has 38 heavy (non-hydrogen) atoms. The van der Waals surface area contributed by atoms with Gasteiger partial charge in [0.2, 0.25) is 0 Å². The van der Waals surface area contributed by atoms with Crippen LogP contribution in [0.5, 0.6) is 0 Å². The number of aromatic nitrogens is 1. The number of nitrogens with one attached hydrogen (secondary N) is 2. The average Bonchev–Trinajstić information content (AvgIpc) is 3.41. The largest absolute Gasteiger partial charge is 0.383 e. The fourth-order valence-electron chi connectivity index (χ4n) is 4.28. The smallest absolute Gasteiger partial charge is 0.253 e. The first-order chi connectivity index (χ1) is 18.4. The van der Waals surface area contributed by atoms with Crippen LogP contribution in [0.3, 0.4) is 0 Å². The van der Waals surface area contributed by atoms with E-state index >= 15 is 0 Å². The average molecular weight is 528 g/mol. The Balaban J connectivity index is 1.24.